The molecule has 3 aromatic rings. The number of likely N-dealkylation sites (tertiary alicyclic amines) is 1. The zero-order valence-electron chi connectivity index (χ0n) is 12.7. The molecule has 120 valence electrons. The molecule has 2 heterocycles. The summed E-state index contributed by atoms with van der Waals surface area (Å²) in [6, 6.07) is 16.9. The maximum Gasteiger partial charge on any atom is 0.257 e. The van der Waals surface area contributed by atoms with E-state index in [1.165, 1.54) is 16.7 Å². The summed E-state index contributed by atoms with van der Waals surface area (Å²) in [7, 11) is 0. The molecule has 0 N–H and O–H groups in total. The highest BCUT2D eigenvalue weighted by molar-refractivity contribution is 8.00. The maximum absolute atomic E-state index is 12.6. The third kappa shape index (κ3) is 2.80. The number of nitrogens with zero attached hydrogens (tertiary/aromatic N) is 2. The molecule has 0 bridgehead atoms. The molecule has 1 saturated heterocycles. The largest absolute Gasteiger partial charge is 0.431 e. The van der Waals surface area contributed by atoms with E-state index in [0.717, 1.165) is 11.1 Å². The second-order valence-electron chi connectivity index (χ2n) is 5.56. The van der Waals surface area contributed by atoms with Gasteiger partial charge in [-0.05, 0) is 17.7 Å². The first kappa shape index (κ1) is 15.0. The van der Waals surface area contributed by atoms with Crippen LogP contribution in [0, 0.1) is 0 Å². The monoisotopic (exact) mass is 338 g/mol. The Morgan fingerprint density at radius 1 is 1.08 bits per heavy atom. The SMILES string of the molecule is O=C1CC(Sc2nc3ccccc3o2)C(=O)N1Cc1ccccc1. The van der Waals surface area contributed by atoms with Gasteiger partial charge in [-0.1, -0.05) is 54.2 Å². The van der Waals surface area contributed by atoms with E-state index in [0.29, 0.717) is 17.4 Å². The number of rotatable bonds is 4. The zero-order chi connectivity index (χ0) is 16.5. The lowest BCUT2D eigenvalue weighted by Gasteiger charge is -2.14. The average Bonchev–Trinajstić information content (AvgIpc) is 3.12. The lowest BCUT2D eigenvalue weighted by molar-refractivity contribution is -0.138. The minimum Gasteiger partial charge on any atom is -0.431 e. The van der Waals surface area contributed by atoms with E-state index >= 15 is 0 Å². The van der Waals surface area contributed by atoms with Gasteiger partial charge in [-0.15, -0.1) is 0 Å². The Morgan fingerprint density at radius 3 is 2.62 bits per heavy atom. The molecule has 5 nitrogen and oxygen atoms in total. The number of imide groups is 1. The van der Waals surface area contributed by atoms with Gasteiger partial charge in [-0.3, -0.25) is 14.5 Å². The van der Waals surface area contributed by atoms with Crippen LogP contribution in [-0.4, -0.2) is 26.9 Å². The molecule has 0 aliphatic carbocycles. The van der Waals surface area contributed by atoms with E-state index < -0.39 is 5.25 Å². The van der Waals surface area contributed by atoms with Crippen LogP contribution in [0.25, 0.3) is 11.1 Å². The average molecular weight is 338 g/mol. The summed E-state index contributed by atoms with van der Waals surface area (Å²) in [5.74, 6) is -0.339. The summed E-state index contributed by atoms with van der Waals surface area (Å²) >= 11 is 1.21. The number of amides is 2. The van der Waals surface area contributed by atoms with Crippen molar-refractivity contribution in [2.45, 2.75) is 23.4 Å². The van der Waals surface area contributed by atoms with Crippen molar-refractivity contribution in [1.82, 2.24) is 9.88 Å². The molecule has 4 rings (SSSR count). The Morgan fingerprint density at radius 2 is 1.83 bits per heavy atom. The van der Waals surface area contributed by atoms with E-state index in [4.69, 9.17) is 4.42 Å². The lowest BCUT2D eigenvalue weighted by atomic mass is 10.2. The fourth-order valence-corrected chi connectivity index (χ4v) is 3.69. The Labute approximate surface area is 142 Å². The van der Waals surface area contributed by atoms with Crippen molar-refractivity contribution in [2.75, 3.05) is 0 Å². The van der Waals surface area contributed by atoms with Gasteiger partial charge in [-0.25, -0.2) is 4.98 Å². The Kier molecular flexibility index (Phi) is 3.82. The molecule has 0 saturated carbocycles. The highest BCUT2D eigenvalue weighted by Crippen LogP contribution is 2.33. The van der Waals surface area contributed by atoms with Crippen LogP contribution in [0.15, 0.2) is 64.2 Å². The van der Waals surface area contributed by atoms with Crippen LogP contribution in [0.4, 0.5) is 0 Å². The molecular formula is C18H14N2O3S. The Hall–Kier alpha value is -2.60. The molecule has 1 aromatic heterocycles. The van der Waals surface area contributed by atoms with Crippen molar-refractivity contribution in [3.63, 3.8) is 0 Å². The van der Waals surface area contributed by atoms with Gasteiger partial charge in [0.05, 0.1) is 6.54 Å². The van der Waals surface area contributed by atoms with Crippen LogP contribution < -0.4 is 0 Å². The minimum absolute atomic E-state index is 0.155. The van der Waals surface area contributed by atoms with Gasteiger partial charge >= 0.3 is 0 Å². The number of benzene rings is 2. The van der Waals surface area contributed by atoms with Crippen molar-refractivity contribution < 1.29 is 14.0 Å². The fraction of sp³-hybridized carbons (Fsp3) is 0.167. The molecule has 1 aliphatic heterocycles. The van der Waals surface area contributed by atoms with Crippen LogP contribution in [0.3, 0.4) is 0 Å². The summed E-state index contributed by atoms with van der Waals surface area (Å²) in [5.41, 5.74) is 2.36. The van der Waals surface area contributed by atoms with E-state index in [-0.39, 0.29) is 18.2 Å². The zero-order valence-corrected chi connectivity index (χ0v) is 13.5. The first-order valence-corrected chi connectivity index (χ1v) is 8.49. The summed E-state index contributed by atoms with van der Waals surface area (Å²) in [6.07, 6.45) is 0.176. The molecular weight excluding hydrogens is 324 g/mol. The molecule has 2 amide bonds. The first-order chi connectivity index (χ1) is 11.7. The number of hydrogen-bond acceptors (Lipinski definition) is 5. The molecule has 2 aromatic carbocycles. The number of carbonyl (C=O) groups is 2. The van der Waals surface area contributed by atoms with E-state index in [9.17, 15) is 9.59 Å². The van der Waals surface area contributed by atoms with Crippen LogP contribution in [-0.2, 0) is 16.1 Å². The van der Waals surface area contributed by atoms with E-state index in [1.807, 2.05) is 54.6 Å². The van der Waals surface area contributed by atoms with Gasteiger partial charge in [0.2, 0.25) is 11.8 Å². The second-order valence-corrected chi connectivity index (χ2v) is 6.72. The summed E-state index contributed by atoms with van der Waals surface area (Å²) in [4.78, 5) is 30.4. The smallest absolute Gasteiger partial charge is 0.257 e. The maximum atomic E-state index is 12.6. The normalized spacial score (nSPS) is 17.8. The highest BCUT2D eigenvalue weighted by atomic mass is 32.2. The van der Waals surface area contributed by atoms with Crippen molar-refractivity contribution in [1.29, 1.82) is 0 Å². The van der Waals surface area contributed by atoms with Gasteiger partial charge < -0.3 is 4.42 Å². The van der Waals surface area contributed by atoms with Crippen molar-refractivity contribution in [3.8, 4) is 0 Å². The van der Waals surface area contributed by atoms with Crippen LogP contribution in [0.1, 0.15) is 12.0 Å². The molecule has 0 spiro atoms. The minimum atomic E-state index is -0.478. The van der Waals surface area contributed by atoms with E-state index in [2.05, 4.69) is 4.98 Å². The van der Waals surface area contributed by atoms with Gasteiger partial charge in [0.25, 0.3) is 5.22 Å². The van der Waals surface area contributed by atoms with Gasteiger partial charge in [0, 0.05) is 6.42 Å². The Bertz CT molecular complexity index is 874. The summed E-state index contributed by atoms with van der Waals surface area (Å²) < 4.78 is 5.64. The number of oxazole rings is 1. The number of thioether (sulfide) groups is 1. The molecule has 1 unspecified atom stereocenters. The second kappa shape index (κ2) is 6.13. The van der Waals surface area contributed by atoms with Crippen LogP contribution >= 0.6 is 11.8 Å². The quantitative estimate of drug-likeness (QED) is 0.683. The van der Waals surface area contributed by atoms with Crippen molar-refractivity contribution in [3.05, 3.63) is 60.2 Å². The molecule has 1 aliphatic rings. The van der Waals surface area contributed by atoms with E-state index in [1.54, 1.807) is 0 Å². The molecule has 0 radical (unpaired) electrons. The summed E-state index contributed by atoms with van der Waals surface area (Å²) in [5, 5.41) is -0.0572. The molecule has 6 heteroatoms. The molecule has 1 atom stereocenters. The number of aromatic nitrogens is 1. The van der Waals surface area contributed by atoms with Gasteiger partial charge in [-0.2, -0.15) is 0 Å². The number of para-hydroxylation sites is 2. The lowest BCUT2D eigenvalue weighted by Crippen LogP contribution is -2.30. The Balaban J connectivity index is 1.50. The number of fused-ring (bicyclic) bond motifs is 1. The van der Waals surface area contributed by atoms with Gasteiger partial charge in [0.15, 0.2) is 5.58 Å². The number of hydrogen-bond donors (Lipinski definition) is 0. The van der Waals surface area contributed by atoms with Crippen molar-refractivity contribution >= 4 is 34.7 Å². The van der Waals surface area contributed by atoms with Crippen LogP contribution in [0.2, 0.25) is 0 Å². The predicted molar refractivity (Wildman–Crippen MR) is 90.3 cm³/mol. The predicted octanol–water partition coefficient (Wildman–Crippen LogP) is 3.25. The topological polar surface area (TPSA) is 63.4 Å². The third-order valence-electron chi connectivity index (χ3n) is 3.90. The van der Waals surface area contributed by atoms with Crippen molar-refractivity contribution in [2.24, 2.45) is 0 Å². The van der Waals surface area contributed by atoms with Crippen LogP contribution in [0.5, 0.6) is 0 Å². The first-order valence-electron chi connectivity index (χ1n) is 7.61. The fourth-order valence-electron chi connectivity index (χ4n) is 2.70. The standard InChI is InChI=1S/C18H14N2O3S/c21-16-10-15(17(22)20(16)11-12-6-2-1-3-7-12)24-18-19-13-8-4-5-9-14(13)23-18/h1-9,15H,10-11H2. The summed E-state index contributed by atoms with van der Waals surface area (Å²) in [6.45, 7) is 0.309. The van der Waals surface area contributed by atoms with Gasteiger partial charge in [0.1, 0.15) is 10.8 Å². The number of carbonyl (C=O) groups excluding carboxylic acids is 2. The molecule has 1 fully saturated rings. The molecule has 24 heavy (non-hydrogen) atoms. The third-order valence-corrected chi connectivity index (χ3v) is 4.93. The highest BCUT2D eigenvalue weighted by Gasteiger charge is 2.40.